The minimum absolute atomic E-state index is 0.0689. The molecule has 86 valence electrons. The molecule has 0 aromatic rings. The third-order valence-electron chi connectivity index (χ3n) is 2.25. The van der Waals surface area contributed by atoms with Gasteiger partial charge in [0, 0.05) is 17.2 Å². The smallest absolute Gasteiger partial charge is 0.232 e. The van der Waals surface area contributed by atoms with E-state index < -0.39 is 9.05 Å². The summed E-state index contributed by atoms with van der Waals surface area (Å²) < 4.78 is 21.3. The maximum atomic E-state index is 10.6. The molecule has 1 unspecified atom stereocenters. The molecule has 0 amide bonds. The molecule has 0 aliphatic carbocycles. The van der Waals surface area contributed by atoms with Gasteiger partial charge in [-0.2, -0.15) is 0 Å². The second-order valence-electron chi connectivity index (χ2n) is 3.87. The molecule has 0 bridgehead atoms. The Morgan fingerprint density at radius 3 is 2.43 bits per heavy atom. The van der Waals surface area contributed by atoms with Crippen LogP contribution in [0.4, 0.5) is 0 Å². The minimum Gasteiger partial charge on any atom is -0.306 e. The van der Waals surface area contributed by atoms with Crippen LogP contribution in [0, 0.1) is 5.92 Å². The van der Waals surface area contributed by atoms with Crippen LogP contribution in [0.5, 0.6) is 0 Å². The highest BCUT2D eigenvalue weighted by atomic mass is 35.7. The molecule has 0 heterocycles. The molecule has 0 spiro atoms. The average Bonchev–Trinajstić information content (AvgIpc) is 2.01. The van der Waals surface area contributed by atoms with E-state index in [0.717, 1.165) is 19.5 Å². The van der Waals surface area contributed by atoms with Crippen LogP contribution < -0.4 is 0 Å². The van der Waals surface area contributed by atoms with Crippen molar-refractivity contribution < 1.29 is 8.42 Å². The number of hydrogen-bond acceptors (Lipinski definition) is 3. The molecule has 0 radical (unpaired) electrons. The lowest BCUT2D eigenvalue weighted by molar-refractivity contribution is 0.283. The Kier molecular flexibility index (Phi) is 6.74. The zero-order valence-electron chi connectivity index (χ0n) is 9.16. The van der Waals surface area contributed by atoms with Gasteiger partial charge in [0.25, 0.3) is 0 Å². The molecule has 0 aliphatic rings. The van der Waals surface area contributed by atoms with Gasteiger partial charge in [0.2, 0.25) is 9.05 Å². The van der Waals surface area contributed by atoms with E-state index >= 15 is 0 Å². The van der Waals surface area contributed by atoms with Gasteiger partial charge in [0.15, 0.2) is 0 Å². The Morgan fingerprint density at radius 2 is 2.00 bits per heavy atom. The summed E-state index contributed by atoms with van der Waals surface area (Å²) in [5.74, 6) is 0.729. The van der Waals surface area contributed by atoms with E-state index in [2.05, 4.69) is 18.7 Å². The molecule has 0 saturated heterocycles. The molecule has 1 atom stereocenters. The first-order valence-electron chi connectivity index (χ1n) is 4.96. The van der Waals surface area contributed by atoms with E-state index in [1.165, 1.54) is 0 Å². The fraction of sp³-hybridized carbons (Fsp3) is 1.00. The zero-order chi connectivity index (χ0) is 11.2. The van der Waals surface area contributed by atoms with Crippen LogP contribution in [-0.4, -0.2) is 39.2 Å². The summed E-state index contributed by atoms with van der Waals surface area (Å²) in [7, 11) is 3.80. The van der Waals surface area contributed by atoms with E-state index in [9.17, 15) is 8.42 Å². The van der Waals surface area contributed by atoms with Crippen molar-refractivity contribution in [2.75, 3.05) is 25.9 Å². The number of nitrogens with zero attached hydrogens (tertiary/aromatic N) is 1. The highest BCUT2D eigenvalue weighted by Crippen LogP contribution is 2.04. The van der Waals surface area contributed by atoms with Crippen molar-refractivity contribution in [1.82, 2.24) is 4.90 Å². The summed E-state index contributed by atoms with van der Waals surface area (Å²) in [4.78, 5) is 2.15. The highest BCUT2D eigenvalue weighted by Gasteiger charge is 2.07. The largest absolute Gasteiger partial charge is 0.306 e. The van der Waals surface area contributed by atoms with Crippen LogP contribution in [0.1, 0.15) is 26.7 Å². The molecule has 14 heavy (non-hydrogen) atoms. The minimum atomic E-state index is -3.31. The molecular formula is C9H20ClNO2S. The Bertz CT molecular complexity index is 241. The molecule has 0 aliphatic heterocycles. The molecule has 5 heteroatoms. The van der Waals surface area contributed by atoms with Crippen LogP contribution in [-0.2, 0) is 9.05 Å². The summed E-state index contributed by atoms with van der Waals surface area (Å²) in [6.07, 6.45) is 1.76. The first-order chi connectivity index (χ1) is 6.35. The lowest BCUT2D eigenvalue weighted by Gasteiger charge is -2.19. The summed E-state index contributed by atoms with van der Waals surface area (Å²) in [6.45, 7) is 6.14. The van der Waals surface area contributed by atoms with Gasteiger partial charge in [-0.25, -0.2) is 8.42 Å². The van der Waals surface area contributed by atoms with E-state index in [0.29, 0.717) is 12.3 Å². The SMILES string of the molecule is CCC(C)CN(C)CCCS(=O)(=O)Cl. The molecule has 3 nitrogen and oxygen atoms in total. The van der Waals surface area contributed by atoms with E-state index in [4.69, 9.17) is 10.7 Å². The zero-order valence-corrected chi connectivity index (χ0v) is 10.7. The average molecular weight is 242 g/mol. The Balaban J connectivity index is 3.59. The molecule has 0 aromatic carbocycles. The first-order valence-corrected chi connectivity index (χ1v) is 7.44. The lowest BCUT2D eigenvalue weighted by atomic mass is 10.1. The van der Waals surface area contributed by atoms with Crippen molar-refractivity contribution in [1.29, 1.82) is 0 Å². The molecule has 0 N–H and O–H groups in total. The quantitative estimate of drug-likeness (QED) is 0.640. The van der Waals surface area contributed by atoms with Crippen molar-refractivity contribution in [3.8, 4) is 0 Å². The van der Waals surface area contributed by atoms with Gasteiger partial charge < -0.3 is 4.90 Å². The maximum absolute atomic E-state index is 10.6. The molecular weight excluding hydrogens is 222 g/mol. The lowest BCUT2D eigenvalue weighted by Crippen LogP contribution is -2.26. The molecule has 0 saturated carbocycles. The van der Waals surface area contributed by atoms with Gasteiger partial charge in [-0.3, -0.25) is 0 Å². The van der Waals surface area contributed by atoms with Crippen LogP contribution in [0.15, 0.2) is 0 Å². The fourth-order valence-corrected chi connectivity index (χ4v) is 2.06. The van der Waals surface area contributed by atoms with Gasteiger partial charge >= 0.3 is 0 Å². The predicted octanol–water partition coefficient (Wildman–Crippen LogP) is 1.92. The monoisotopic (exact) mass is 241 g/mol. The highest BCUT2D eigenvalue weighted by molar-refractivity contribution is 8.13. The van der Waals surface area contributed by atoms with E-state index in [1.807, 2.05) is 7.05 Å². The standard InChI is InChI=1S/C9H20ClNO2S/c1-4-9(2)8-11(3)6-5-7-14(10,12)13/h9H,4-8H2,1-3H3. The van der Waals surface area contributed by atoms with Crippen molar-refractivity contribution in [3.05, 3.63) is 0 Å². The fourth-order valence-electron chi connectivity index (χ4n) is 1.26. The van der Waals surface area contributed by atoms with Crippen molar-refractivity contribution >= 4 is 19.7 Å². The van der Waals surface area contributed by atoms with E-state index in [1.54, 1.807) is 0 Å². The summed E-state index contributed by atoms with van der Waals surface area (Å²) in [5.41, 5.74) is 0. The second kappa shape index (κ2) is 6.64. The maximum Gasteiger partial charge on any atom is 0.232 e. The van der Waals surface area contributed by atoms with Gasteiger partial charge in [-0.1, -0.05) is 20.3 Å². The van der Waals surface area contributed by atoms with Crippen LogP contribution >= 0.6 is 10.7 Å². The van der Waals surface area contributed by atoms with Crippen molar-refractivity contribution in [2.45, 2.75) is 26.7 Å². The summed E-state index contributed by atoms with van der Waals surface area (Å²) in [5, 5.41) is 0. The van der Waals surface area contributed by atoms with Crippen molar-refractivity contribution in [2.24, 2.45) is 5.92 Å². The third-order valence-corrected chi connectivity index (χ3v) is 3.49. The molecule has 0 aromatic heterocycles. The summed E-state index contributed by atoms with van der Waals surface area (Å²) >= 11 is 0. The number of halogens is 1. The first kappa shape index (κ1) is 14.2. The van der Waals surface area contributed by atoms with Gasteiger partial charge in [0.05, 0.1) is 5.75 Å². The van der Waals surface area contributed by atoms with Gasteiger partial charge in [-0.15, -0.1) is 0 Å². The van der Waals surface area contributed by atoms with Gasteiger partial charge in [-0.05, 0) is 25.9 Å². The Labute approximate surface area is 91.9 Å². The normalized spacial score (nSPS) is 14.6. The number of rotatable bonds is 7. The van der Waals surface area contributed by atoms with E-state index in [-0.39, 0.29) is 5.75 Å². The molecule has 0 rings (SSSR count). The van der Waals surface area contributed by atoms with Crippen LogP contribution in [0.2, 0.25) is 0 Å². The van der Waals surface area contributed by atoms with Crippen LogP contribution in [0.25, 0.3) is 0 Å². The molecule has 0 fully saturated rings. The summed E-state index contributed by atoms with van der Waals surface area (Å²) in [6, 6.07) is 0. The van der Waals surface area contributed by atoms with Crippen molar-refractivity contribution in [3.63, 3.8) is 0 Å². The second-order valence-corrected chi connectivity index (χ2v) is 6.77. The Hall–Kier alpha value is 0.200. The topological polar surface area (TPSA) is 37.4 Å². The predicted molar refractivity (Wildman–Crippen MR) is 61.2 cm³/mol. The Morgan fingerprint density at radius 1 is 1.43 bits per heavy atom. The van der Waals surface area contributed by atoms with Crippen LogP contribution in [0.3, 0.4) is 0 Å². The number of hydrogen-bond donors (Lipinski definition) is 0. The third kappa shape index (κ3) is 8.78. The van der Waals surface area contributed by atoms with Gasteiger partial charge in [0.1, 0.15) is 0 Å².